The highest BCUT2D eigenvalue weighted by Crippen LogP contribution is 2.14. The normalized spacial score (nSPS) is 11.0. The molecule has 0 fully saturated rings. The fourth-order valence-corrected chi connectivity index (χ4v) is 2.26. The Labute approximate surface area is 175 Å². The van der Waals surface area contributed by atoms with Crippen LogP contribution in [0.15, 0.2) is 53.7 Å². The Morgan fingerprint density at radius 2 is 2.04 bits per heavy atom. The molecule has 0 aliphatic rings. The summed E-state index contributed by atoms with van der Waals surface area (Å²) in [5, 5.41) is 6.44. The fourth-order valence-electron chi connectivity index (χ4n) is 2.26. The molecule has 1 heterocycles. The van der Waals surface area contributed by atoms with E-state index in [0.717, 1.165) is 24.2 Å². The summed E-state index contributed by atoms with van der Waals surface area (Å²) >= 11 is 0. The number of alkyl halides is 2. The highest BCUT2D eigenvalue weighted by Gasteiger charge is 2.04. The van der Waals surface area contributed by atoms with Crippen LogP contribution in [0.2, 0.25) is 0 Å². The Balaban J connectivity index is 0.00000364. The Bertz CT molecular complexity index is 686. The van der Waals surface area contributed by atoms with Gasteiger partial charge in [-0.25, -0.2) is 13.8 Å². The van der Waals surface area contributed by atoms with Gasteiger partial charge in [-0.3, -0.25) is 4.98 Å². The molecule has 8 heteroatoms. The molecule has 0 saturated carbocycles. The molecule has 1 aromatic heterocycles. The first-order valence-corrected chi connectivity index (χ1v) is 8.59. The zero-order valence-electron chi connectivity index (χ0n) is 15.2. The summed E-state index contributed by atoms with van der Waals surface area (Å²) in [5.41, 5.74) is 1.90. The van der Waals surface area contributed by atoms with Gasteiger partial charge in [0.15, 0.2) is 5.96 Å². The second-order valence-electron chi connectivity index (χ2n) is 5.54. The van der Waals surface area contributed by atoms with Crippen LogP contribution in [0.1, 0.15) is 18.2 Å². The van der Waals surface area contributed by atoms with Crippen molar-refractivity contribution in [3.05, 3.63) is 59.9 Å². The van der Waals surface area contributed by atoms with Crippen LogP contribution in [0.3, 0.4) is 0 Å². The molecule has 0 spiro atoms. The van der Waals surface area contributed by atoms with Gasteiger partial charge < -0.3 is 15.4 Å². The van der Waals surface area contributed by atoms with Gasteiger partial charge in [-0.1, -0.05) is 18.2 Å². The third kappa shape index (κ3) is 9.50. The predicted molar refractivity (Wildman–Crippen MR) is 114 cm³/mol. The van der Waals surface area contributed by atoms with Crippen LogP contribution in [0.4, 0.5) is 8.78 Å². The molecule has 2 N–H and O–H groups in total. The molecule has 0 aliphatic carbocycles. The fraction of sp³-hybridized carbons (Fsp3) is 0.368. The van der Waals surface area contributed by atoms with Crippen LogP contribution in [-0.2, 0) is 13.0 Å². The van der Waals surface area contributed by atoms with Crippen molar-refractivity contribution in [2.75, 3.05) is 19.7 Å². The zero-order valence-corrected chi connectivity index (χ0v) is 17.5. The maximum absolute atomic E-state index is 12.2. The van der Waals surface area contributed by atoms with E-state index in [1.165, 1.54) is 0 Å². The van der Waals surface area contributed by atoms with Crippen LogP contribution in [0, 0.1) is 0 Å². The summed E-state index contributed by atoms with van der Waals surface area (Å²) in [7, 11) is 0. The van der Waals surface area contributed by atoms with Gasteiger partial charge in [0.2, 0.25) is 0 Å². The number of hydrogen-bond acceptors (Lipinski definition) is 3. The second kappa shape index (κ2) is 13.2. The lowest BCUT2D eigenvalue weighted by molar-refractivity contribution is 0.0818. The number of guanidine groups is 1. The van der Waals surface area contributed by atoms with E-state index >= 15 is 0 Å². The molecule has 0 amide bonds. The smallest absolute Gasteiger partial charge is 0.272 e. The summed E-state index contributed by atoms with van der Waals surface area (Å²) < 4.78 is 29.5. The molecule has 0 unspecified atom stereocenters. The number of halogens is 3. The van der Waals surface area contributed by atoms with Gasteiger partial charge in [-0.15, -0.1) is 24.0 Å². The quantitative estimate of drug-likeness (QED) is 0.320. The van der Waals surface area contributed by atoms with E-state index in [9.17, 15) is 8.78 Å². The molecule has 148 valence electrons. The number of hydrogen-bond donors (Lipinski definition) is 2. The van der Waals surface area contributed by atoms with Crippen LogP contribution in [0.25, 0.3) is 0 Å². The first-order chi connectivity index (χ1) is 12.7. The molecule has 0 radical (unpaired) electrons. The van der Waals surface area contributed by atoms with Gasteiger partial charge in [-0.2, -0.15) is 0 Å². The number of nitrogens with one attached hydrogen (secondary N) is 2. The molecular weight excluding hydrogens is 465 g/mol. The van der Waals surface area contributed by atoms with Gasteiger partial charge in [-0.05, 0) is 36.8 Å². The molecule has 2 rings (SSSR count). The van der Waals surface area contributed by atoms with E-state index in [-0.39, 0.29) is 24.0 Å². The van der Waals surface area contributed by atoms with Crippen molar-refractivity contribution in [2.24, 2.45) is 4.99 Å². The number of benzene rings is 1. The summed E-state index contributed by atoms with van der Waals surface area (Å²) in [5.74, 6) is 1.12. The van der Waals surface area contributed by atoms with Crippen molar-refractivity contribution >= 4 is 29.9 Å². The maximum atomic E-state index is 12.2. The standard InChI is InChI=1S/C19H24F2N4O.HI/c1-2-22-19(24-11-9-16-7-3-4-10-23-16)25-13-15-6-5-8-17(12-15)26-14-18(20)21;/h3-8,10,12,18H,2,9,11,13-14H2,1H3,(H2,22,24,25);1H. The average Bonchev–Trinajstić information content (AvgIpc) is 2.65. The first-order valence-electron chi connectivity index (χ1n) is 8.59. The van der Waals surface area contributed by atoms with Crippen molar-refractivity contribution in [3.8, 4) is 5.75 Å². The zero-order chi connectivity index (χ0) is 18.6. The third-order valence-corrected chi connectivity index (χ3v) is 3.44. The summed E-state index contributed by atoms with van der Waals surface area (Å²) in [6.45, 7) is 3.26. The van der Waals surface area contributed by atoms with E-state index in [2.05, 4.69) is 20.6 Å². The SMILES string of the molecule is CCNC(=NCc1cccc(OCC(F)F)c1)NCCc1ccccn1.I. The number of ether oxygens (including phenoxy) is 1. The van der Waals surface area contributed by atoms with Gasteiger partial charge in [0, 0.05) is 31.4 Å². The second-order valence-corrected chi connectivity index (χ2v) is 5.54. The van der Waals surface area contributed by atoms with Crippen LogP contribution >= 0.6 is 24.0 Å². The molecule has 0 atom stereocenters. The molecule has 1 aromatic carbocycles. The van der Waals surface area contributed by atoms with E-state index < -0.39 is 13.0 Å². The van der Waals surface area contributed by atoms with Crippen molar-refractivity contribution in [2.45, 2.75) is 26.3 Å². The Morgan fingerprint density at radius 3 is 2.74 bits per heavy atom. The largest absolute Gasteiger partial charge is 0.488 e. The number of rotatable bonds is 9. The van der Waals surface area contributed by atoms with Crippen LogP contribution in [-0.4, -0.2) is 37.1 Å². The van der Waals surface area contributed by atoms with E-state index in [1.54, 1.807) is 24.4 Å². The molecular formula is C19H25F2IN4O. The topological polar surface area (TPSA) is 58.5 Å². The third-order valence-electron chi connectivity index (χ3n) is 3.44. The van der Waals surface area contributed by atoms with Gasteiger partial charge >= 0.3 is 0 Å². The van der Waals surface area contributed by atoms with Gasteiger partial charge in [0.05, 0.1) is 6.54 Å². The molecule has 27 heavy (non-hydrogen) atoms. The number of pyridine rings is 1. The minimum atomic E-state index is -2.49. The Hall–Kier alpha value is -1.97. The van der Waals surface area contributed by atoms with Gasteiger partial charge in [0.25, 0.3) is 6.43 Å². The molecule has 2 aromatic rings. The van der Waals surface area contributed by atoms with Gasteiger partial charge in [0.1, 0.15) is 12.4 Å². The molecule has 0 aliphatic heterocycles. The summed E-state index contributed by atoms with van der Waals surface area (Å²) in [6.07, 6.45) is 0.0836. The minimum absolute atomic E-state index is 0. The lowest BCUT2D eigenvalue weighted by Crippen LogP contribution is -2.38. The predicted octanol–water partition coefficient (Wildman–Crippen LogP) is 3.64. The lowest BCUT2D eigenvalue weighted by Gasteiger charge is -2.11. The summed E-state index contributed by atoms with van der Waals surface area (Å²) in [4.78, 5) is 8.81. The van der Waals surface area contributed by atoms with E-state index in [0.29, 0.717) is 24.8 Å². The molecule has 5 nitrogen and oxygen atoms in total. The summed E-state index contributed by atoms with van der Waals surface area (Å²) in [6, 6.07) is 12.9. The highest BCUT2D eigenvalue weighted by atomic mass is 127. The molecule has 0 saturated heterocycles. The number of aliphatic imine (C=N–C) groups is 1. The van der Waals surface area contributed by atoms with E-state index in [4.69, 9.17) is 4.74 Å². The maximum Gasteiger partial charge on any atom is 0.272 e. The van der Waals surface area contributed by atoms with Crippen molar-refractivity contribution in [1.82, 2.24) is 15.6 Å². The van der Waals surface area contributed by atoms with Crippen LogP contribution < -0.4 is 15.4 Å². The first kappa shape index (κ1) is 23.1. The number of aromatic nitrogens is 1. The average molecular weight is 490 g/mol. The Morgan fingerprint density at radius 1 is 1.19 bits per heavy atom. The number of nitrogens with zero attached hydrogens (tertiary/aromatic N) is 2. The van der Waals surface area contributed by atoms with E-state index in [1.807, 2.05) is 31.2 Å². The Kier molecular flexibility index (Phi) is 11.3. The lowest BCUT2D eigenvalue weighted by atomic mass is 10.2. The van der Waals surface area contributed by atoms with Crippen molar-refractivity contribution in [1.29, 1.82) is 0 Å². The van der Waals surface area contributed by atoms with Crippen molar-refractivity contribution in [3.63, 3.8) is 0 Å². The van der Waals surface area contributed by atoms with Crippen LogP contribution in [0.5, 0.6) is 5.75 Å². The van der Waals surface area contributed by atoms with Crippen molar-refractivity contribution < 1.29 is 13.5 Å². The monoisotopic (exact) mass is 490 g/mol. The highest BCUT2D eigenvalue weighted by molar-refractivity contribution is 14.0. The molecule has 0 bridgehead atoms. The minimum Gasteiger partial charge on any atom is -0.488 e.